The van der Waals surface area contributed by atoms with Gasteiger partial charge >= 0.3 is 5.97 Å². The van der Waals surface area contributed by atoms with E-state index in [9.17, 15) is 18.7 Å². The summed E-state index contributed by atoms with van der Waals surface area (Å²) in [5, 5.41) is 9.64. The molecule has 1 aromatic carbocycles. The monoisotopic (exact) mass is 374 g/mol. The van der Waals surface area contributed by atoms with Gasteiger partial charge in [0.15, 0.2) is 6.17 Å². The Hall–Kier alpha value is -1.59. The van der Waals surface area contributed by atoms with Crippen LogP contribution >= 0.6 is 23.2 Å². The van der Waals surface area contributed by atoms with Crippen LogP contribution < -0.4 is 4.74 Å². The molecule has 2 aliphatic rings. The van der Waals surface area contributed by atoms with Crippen LogP contribution in [0.2, 0.25) is 0 Å². The Morgan fingerprint density at radius 3 is 2.46 bits per heavy atom. The predicted molar refractivity (Wildman–Crippen MR) is 87.0 cm³/mol. The van der Waals surface area contributed by atoms with Crippen LogP contribution in [-0.4, -0.2) is 28.7 Å². The van der Waals surface area contributed by atoms with Gasteiger partial charge in [0.1, 0.15) is 21.3 Å². The number of hydrogen-bond acceptors (Lipinski definition) is 2. The molecule has 1 fully saturated rings. The molecule has 0 bridgehead atoms. The van der Waals surface area contributed by atoms with Gasteiger partial charge < -0.3 is 9.84 Å². The molecule has 0 aromatic heterocycles. The van der Waals surface area contributed by atoms with Crippen LogP contribution in [0.1, 0.15) is 11.5 Å². The molecule has 1 N–H and O–H groups in total. The lowest BCUT2D eigenvalue weighted by Crippen LogP contribution is -2.43. The SMILES string of the molecule is COc1ccc(C2C(C3(C(=O)O)C=CC=C(F)C3F)C2(Cl)Cl)cc1. The van der Waals surface area contributed by atoms with E-state index in [2.05, 4.69) is 0 Å². The molecule has 0 spiro atoms. The number of hydrogen-bond donors (Lipinski definition) is 1. The molecule has 4 atom stereocenters. The second kappa shape index (κ2) is 5.74. The van der Waals surface area contributed by atoms with Gasteiger partial charge in [0.05, 0.1) is 7.11 Å². The standard InChI is InChI=1S/C17H14Cl2F2O3/c1-24-10-6-4-9(5-7-10)12-13(17(12,18)19)16(15(22)23)8-2-3-11(20)14(16)21/h2-8,12-14H,1H3,(H,22,23). The molecule has 0 aliphatic heterocycles. The third-order valence-corrected chi connectivity index (χ3v) is 5.64. The fraction of sp³-hybridized carbons (Fsp3) is 0.353. The number of alkyl halides is 3. The molecular formula is C17H14Cl2F2O3. The Labute approximate surface area is 147 Å². The Balaban J connectivity index is 2.02. The first-order chi connectivity index (χ1) is 11.3. The van der Waals surface area contributed by atoms with E-state index in [4.69, 9.17) is 27.9 Å². The maximum absolute atomic E-state index is 14.6. The number of carboxylic acid groups (broad SMARTS) is 1. The normalized spacial score (nSPS) is 33.7. The molecule has 4 unspecified atom stereocenters. The van der Waals surface area contributed by atoms with Gasteiger partial charge in [-0.1, -0.05) is 24.3 Å². The number of carbonyl (C=O) groups is 1. The summed E-state index contributed by atoms with van der Waals surface area (Å²) in [7, 11) is 1.51. The van der Waals surface area contributed by atoms with Crippen LogP contribution in [0.15, 0.2) is 48.3 Å². The summed E-state index contributed by atoms with van der Waals surface area (Å²) in [6, 6.07) is 6.72. The van der Waals surface area contributed by atoms with Gasteiger partial charge in [0, 0.05) is 11.8 Å². The van der Waals surface area contributed by atoms with Crippen molar-refractivity contribution in [2.75, 3.05) is 7.11 Å². The number of allylic oxidation sites excluding steroid dienone is 3. The number of ether oxygens (including phenoxy) is 1. The highest BCUT2D eigenvalue weighted by Gasteiger charge is 2.76. The number of benzene rings is 1. The lowest BCUT2D eigenvalue weighted by atomic mass is 9.74. The fourth-order valence-corrected chi connectivity index (χ4v) is 4.41. The summed E-state index contributed by atoms with van der Waals surface area (Å²) < 4.78 is 31.9. The summed E-state index contributed by atoms with van der Waals surface area (Å²) in [6.45, 7) is 0. The molecular weight excluding hydrogens is 361 g/mol. The molecule has 128 valence electrons. The minimum Gasteiger partial charge on any atom is -0.497 e. The van der Waals surface area contributed by atoms with E-state index in [1.807, 2.05) is 0 Å². The van der Waals surface area contributed by atoms with Gasteiger partial charge in [-0.2, -0.15) is 0 Å². The molecule has 3 nitrogen and oxygen atoms in total. The van der Waals surface area contributed by atoms with Crippen LogP contribution in [-0.2, 0) is 4.79 Å². The van der Waals surface area contributed by atoms with Crippen molar-refractivity contribution in [1.82, 2.24) is 0 Å². The van der Waals surface area contributed by atoms with Crippen LogP contribution in [0, 0.1) is 11.3 Å². The maximum Gasteiger partial charge on any atom is 0.317 e. The first-order valence-electron chi connectivity index (χ1n) is 7.21. The molecule has 24 heavy (non-hydrogen) atoms. The molecule has 2 aliphatic carbocycles. The van der Waals surface area contributed by atoms with Gasteiger partial charge in [-0.25, -0.2) is 8.78 Å². The summed E-state index contributed by atoms with van der Waals surface area (Å²) in [5.41, 5.74) is -1.51. The number of halogens is 4. The number of methoxy groups -OCH3 is 1. The lowest BCUT2D eigenvalue weighted by molar-refractivity contribution is -0.150. The van der Waals surface area contributed by atoms with Crippen LogP contribution in [0.5, 0.6) is 5.75 Å². The summed E-state index contributed by atoms with van der Waals surface area (Å²) in [6.07, 6.45) is 0.884. The van der Waals surface area contributed by atoms with Crippen molar-refractivity contribution in [1.29, 1.82) is 0 Å². The summed E-state index contributed by atoms with van der Waals surface area (Å²) in [4.78, 5) is 11.9. The maximum atomic E-state index is 14.6. The van der Waals surface area contributed by atoms with Crippen molar-refractivity contribution in [2.24, 2.45) is 11.3 Å². The second-order valence-electron chi connectivity index (χ2n) is 5.91. The number of carboxylic acids is 1. The zero-order valence-corrected chi connectivity index (χ0v) is 14.1. The lowest BCUT2D eigenvalue weighted by Gasteiger charge is -2.31. The van der Waals surface area contributed by atoms with E-state index in [1.165, 1.54) is 13.2 Å². The van der Waals surface area contributed by atoms with Gasteiger partial charge in [-0.15, -0.1) is 23.2 Å². The molecule has 1 aromatic rings. The molecule has 0 saturated heterocycles. The summed E-state index contributed by atoms with van der Waals surface area (Å²) >= 11 is 12.6. The van der Waals surface area contributed by atoms with Crippen molar-refractivity contribution in [3.05, 3.63) is 53.9 Å². The van der Waals surface area contributed by atoms with Crippen molar-refractivity contribution in [2.45, 2.75) is 16.4 Å². The Morgan fingerprint density at radius 1 is 1.29 bits per heavy atom. The van der Waals surface area contributed by atoms with Gasteiger partial charge in [-0.3, -0.25) is 4.79 Å². The fourth-order valence-electron chi connectivity index (χ4n) is 3.42. The van der Waals surface area contributed by atoms with Crippen LogP contribution in [0.25, 0.3) is 0 Å². The topological polar surface area (TPSA) is 46.5 Å². The van der Waals surface area contributed by atoms with Gasteiger partial charge in [-0.05, 0) is 23.8 Å². The van der Waals surface area contributed by atoms with Gasteiger partial charge in [0.25, 0.3) is 0 Å². The summed E-state index contributed by atoms with van der Waals surface area (Å²) in [5.74, 6) is -3.69. The van der Waals surface area contributed by atoms with Crippen molar-refractivity contribution >= 4 is 29.2 Å². The van der Waals surface area contributed by atoms with Gasteiger partial charge in [0.2, 0.25) is 0 Å². The minimum atomic E-state index is -2.34. The predicted octanol–water partition coefficient (Wildman–Crippen LogP) is 4.41. The first-order valence-corrected chi connectivity index (χ1v) is 7.96. The molecule has 1 saturated carbocycles. The van der Waals surface area contributed by atoms with Crippen LogP contribution in [0.3, 0.4) is 0 Å². The molecule has 0 heterocycles. The van der Waals surface area contributed by atoms with E-state index in [1.54, 1.807) is 24.3 Å². The van der Waals surface area contributed by atoms with E-state index < -0.39 is 39.6 Å². The Morgan fingerprint density at radius 2 is 1.92 bits per heavy atom. The van der Waals surface area contributed by atoms with Crippen LogP contribution in [0.4, 0.5) is 8.78 Å². The highest BCUT2D eigenvalue weighted by atomic mass is 35.5. The zero-order chi connectivity index (χ0) is 17.7. The van der Waals surface area contributed by atoms with E-state index in [0.29, 0.717) is 11.3 Å². The zero-order valence-electron chi connectivity index (χ0n) is 12.5. The first kappa shape index (κ1) is 17.2. The average molecular weight is 375 g/mol. The quantitative estimate of drug-likeness (QED) is 0.793. The van der Waals surface area contributed by atoms with E-state index >= 15 is 0 Å². The van der Waals surface area contributed by atoms with Crippen molar-refractivity contribution < 1.29 is 23.4 Å². The van der Waals surface area contributed by atoms with Crippen molar-refractivity contribution in [3.63, 3.8) is 0 Å². The highest BCUT2D eigenvalue weighted by molar-refractivity contribution is 6.52. The second-order valence-corrected chi connectivity index (χ2v) is 7.36. The largest absolute Gasteiger partial charge is 0.497 e. The van der Waals surface area contributed by atoms with Crippen molar-refractivity contribution in [3.8, 4) is 5.75 Å². The molecule has 0 amide bonds. The smallest absolute Gasteiger partial charge is 0.317 e. The molecule has 7 heteroatoms. The third-order valence-electron chi connectivity index (χ3n) is 4.70. The number of aliphatic carboxylic acids is 1. The number of rotatable bonds is 4. The average Bonchev–Trinajstić information content (AvgIpc) is 3.12. The Kier molecular flexibility index (Phi) is 4.12. The molecule has 0 radical (unpaired) electrons. The van der Waals surface area contributed by atoms with E-state index in [0.717, 1.165) is 12.2 Å². The minimum absolute atomic E-state index is 0.605. The Bertz CT molecular complexity index is 730. The van der Waals surface area contributed by atoms with E-state index in [-0.39, 0.29) is 0 Å². The molecule has 3 rings (SSSR count). The highest BCUT2D eigenvalue weighted by Crippen LogP contribution is 2.73. The third kappa shape index (κ3) is 2.33.